The van der Waals surface area contributed by atoms with Crippen LogP contribution in [0.3, 0.4) is 0 Å². The molecule has 144 valence electrons. The number of pyridine rings is 1. The summed E-state index contributed by atoms with van der Waals surface area (Å²) in [5, 5.41) is 2.66. The molecule has 0 radical (unpaired) electrons. The minimum atomic E-state index is -3.78. The maximum Gasteiger partial charge on any atom is 0.263 e. The minimum Gasteiger partial charge on any atom is -0.326 e. The van der Waals surface area contributed by atoms with Gasteiger partial charge in [0.15, 0.2) is 9.84 Å². The van der Waals surface area contributed by atoms with Crippen LogP contribution in [0.15, 0.2) is 53.6 Å². The summed E-state index contributed by atoms with van der Waals surface area (Å²) in [7, 11) is -6.80. The summed E-state index contributed by atoms with van der Waals surface area (Å²) in [4.78, 5) is 16.0. The average molecular weight is 409 g/mol. The van der Waals surface area contributed by atoms with Crippen LogP contribution in [0.2, 0.25) is 0 Å². The zero-order valence-corrected chi connectivity index (χ0v) is 16.0. The lowest BCUT2D eigenvalue weighted by Crippen LogP contribution is -2.17. The highest BCUT2D eigenvalue weighted by Crippen LogP contribution is 2.22. The number of hydrogen-bond acceptors (Lipinski definition) is 6. The molecule has 1 aliphatic heterocycles. The van der Waals surface area contributed by atoms with Crippen LogP contribution < -0.4 is 10.0 Å². The number of carbonyl (C=O) groups excluding carboxylic acids is 1. The van der Waals surface area contributed by atoms with Crippen LogP contribution >= 0.6 is 0 Å². The summed E-state index contributed by atoms with van der Waals surface area (Å²) in [5.41, 5.74) is 0.442. The molecule has 1 amide bonds. The highest BCUT2D eigenvalue weighted by atomic mass is 32.2. The fourth-order valence-electron chi connectivity index (χ4n) is 2.84. The van der Waals surface area contributed by atoms with E-state index in [1.807, 2.05) is 0 Å². The van der Waals surface area contributed by atoms with Crippen molar-refractivity contribution in [3.05, 3.63) is 48.7 Å². The molecule has 27 heavy (non-hydrogen) atoms. The van der Waals surface area contributed by atoms with Gasteiger partial charge in [0.25, 0.3) is 10.0 Å². The first-order valence-corrected chi connectivity index (χ1v) is 11.6. The first-order chi connectivity index (χ1) is 12.7. The van der Waals surface area contributed by atoms with Crippen molar-refractivity contribution >= 4 is 37.3 Å². The molecule has 10 heteroatoms. The second-order valence-electron chi connectivity index (χ2n) is 6.37. The van der Waals surface area contributed by atoms with Crippen molar-refractivity contribution in [1.82, 2.24) is 4.98 Å². The topological polar surface area (TPSA) is 122 Å². The maximum atomic E-state index is 12.3. The Morgan fingerprint density at radius 1 is 1.15 bits per heavy atom. The molecule has 1 unspecified atom stereocenters. The smallest absolute Gasteiger partial charge is 0.263 e. The fourth-order valence-corrected chi connectivity index (χ4v) is 5.71. The van der Waals surface area contributed by atoms with Crippen LogP contribution in [-0.4, -0.2) is 39.2 Å². The van der Waals surface area contributed by atoms with Gasteiger partial charge in [-0.3, -0.25) is 9.52 Å². The summed E-state index contributed by atoms with van der Waals surface area (Å²) < 4.78 is 49.9. The van der Waals surface area contributed by atoms with Gasteiger partial charge < -0.3 is 5.32 Å². The van der Waals surface area contributed by atoms with Gasteiger partial charge >= 0.3 is 0 Å². The van der Waals surface area contributed by atoms with E-state index in [-0.39, 0.29) is 40.5 Å². The van der Waals surface area contributed by atoms with Crippen LogP contribution in [0.25, 0.3) is 0 Å². The van der Waals surface area contributed by atoms with Crippen LogP contribution in [0, 0.1) is 5.92 Å². The largest absolute Gasteiger partial charge is 0.326 e. The fraction of sp³-hybridized carbons (Fsp3) is 0.294. The number of benzene rings is 1. The molecule has 2 heterocycles. The van der Waals surface area contributed by atoms with Gasteiger partial charge in [0.05, 0.1) is 16.4 Å². The van der Waals surface area contributed by atoms with Gasteiger partial charge in [-0.2, -0.15) is 0 Å². The van der Waals surface area contributed by atoms with Crippen molar-refractivity contribution in [3.63, 3.8) is 0 Å². The third kappa shape index (κ3) is 5.27. The molecular formula is C17H19N3O5S2. The molecule has 8 nitrogen and oxygen atoms in total. The number of nitrogens with one attached hydrogen (secondary N) is 2. The van der Waals surface area contributed by atoms with E-state index >= 15 is 0 Å². The standard InChI is InChI=1S/C17H19N3O5S2/c21-17(11-13-8-10-26(22,23)12-13)19-14-4-6-15(7-5-14)27(24,25)20-16-3-1-2-9-18-16/h1-7,9,13H,8,10-12H2,(H,18,20)(H,19,21). The van der Waals surface area contributed by atoms with Crippen LogP contribution in [0.1, 0.15) is 12.8 Å². The third-order valence-electron chi connectivity index (χ3n) is 4.15. The Balaban J connectivity index is 1.60. The SMILES string of the molecule is O=C(CC1CCS(=O)(=O)C1)Nc1ccc(S(=O)(=O)Nc2ccccn2)cc1. The third-order valence-corrected chi connectivity index (χ3v) is 7.36. The molecule has 1 aromatic heterocycles. The van der Waals surface area contributed by atoms with Gasteiger partial charge in [-0.15, -0.1) is 0 Å². The van der Waals surface area contributed by atoms with Crippen molar-refractivity contribution in [2.75, 3.05) is 21.5 Å². The molecule has 2 aromatic rings. The second kappa shape index (κ2) is 7.65. The van der Waals surface area contributed by atoms with E-state index in [0.717, 1.165) is 0 Å². The molecule has 1 atom stereocenters. The van der Waals surface area contributed by atoms with Crippen LogP contribution in [0.5, 0.6) is 0 Å². The number of anilines is 2. The highest BCUT2D eigenvalue weighted by molar-refractivity contribution is 7.92. The number of sulfone groups is 1. The zero-order valence-electron chi connectivity index (χ0n) is 14.3. The van der Waals surface area contributed by atoms with Crippen LogP contribution in [0.4, 0.5) is 11.5 Å². The zero-order chi connectivity index (χ0) is 19.5. The summed E-state index contributed by atoms with van der Waals surface area (Å²) in [6.07, 6.45) is 2.10. The number of aromatic nitrogens is 1. The van der Waals surface area contributed by atoms with E-state index < -0.39 is 19.9 Å². The maximum absolute atomic E-state index is 12.3. The van der Waals surface area contributed by atoms with Crippen molar-refractivity contribution < 1.29 is 21.6 Å². The van der Waals surface area contributed by atoms with Gasteiger partial charge in [0, 0.05) is 18.3 Å². The van der Waals surface area contributed by atoms with Crippen molar-refractivity contribution in [1.29, 1.82) is 0 Å². The lowest BCUT2D eigenvalue weighted by molar-refractivity contribution is -0.116. The molecular weight excluding hydrogens is 390 g/mol. The Hall–Kier alpha value is -2.46. The number of rotatable bonds is 6. The lowest BCUT2D eigenvalue weighted by atomic mass is 10.1. The lowest BCUT2D eigenvalue weighted by Gasteiger charge is -2.10. The summed E-state index contributed by atoms with van der Waals surface area (Å²) in [6, 6.07) is 10.6. The quantitative estimate of drug-likeness (QED) is 0.748. The van der Waals surface area contributed by atoms with Gasteiger partial charge in [0.1, 0.15) is 5.82 Å². The van der Waals surface area contributed by atoms with Crippen molar-refractivity contribution in [2.45, 2.75) is 17.7 Å². The van der Waals surface area contributed by atoms with E-state index in [9.17, 15) is 21.6 Å². The molecule has 3 rings (SSSR count). The summed E-state index contributed by atoms with van der Waals surface area (Å²) in [6.45, 7) is 0. The van der Waals surface area contributed by atoms with E-state index in [4.69, 9.17) is 0 Å². The van der Waals surface area contributed by atoms with E-state index in [1.165, 1.54) is 36.5 Å². The molecule has 1 saturated heterocycles. The molecule has 1 aliphatic rings. The Bertz CT molecular complexity index is 1020. The predicted octanol–water partition coefficient (Wildman–Crippen LogP) is 1.65. The molecule has 0 saturated carbocycles. The normalized spacial score (nSPS) is 18.7. The second-order valence-corrected chi connectivity index (χ2v) is 10.3. The first kappa shape index (κ1) is 19.3. The Morgan fingerprint density at radius 3 is 2.48 bits per heavy atom. The number of amides is 1. The highest BCUT2D eigenvalue weighted by Gasteiger charge is 2.29. The summed E-state index contributed by atoms with van der Waals surface area (Å²) in [5.74, 6) is -0.0877. The van der Waals surface area contributed by atoms with Crippen molar-refractivity contribution in [3.8, 4) is 0 Å². The predicted molar refractivity (Wildman–Crippen MR) is 101 cm³/mol. The number of hydrogen-bond donors (Lipinski definition) is 2. The van der Waals surface area contributed by atoms with Gasteiger partial charge in [-0.1, -0.05) is 6.07 Å². The molecule has 1 aromatic carbocycles. The molecule has 0 aliphatic carbocycles. The van der Waals surface area contributed by atoms with Crippen LogP contribution in [-0.2, 0) is 24.7 Å². The van der Waals surface area contributed by atoms with E-state index in [0.29, 0.717) is 12.1 Å². The molecule has 1 fully saturated rings. The van der Waals surface area contributed by atoms with E-state index in [1.54, 1.807) is 12.1 Å². The molecule has 0 bridgehead atoms. The average Bonchev–Trinajstić information content (AvgIpc) is 2.94. The first-order valence-electron chi connectivity index (χ1n) is 8.28. The monoisotopic (exact) mass is 409 g/mol. The Kier molecular flexibility index (Phi) is 5.47. The minimum absolute atomic E-state index is 0.0352. The number of carbonyl (C=O) groups is 1. The van der Waals surface area contributed by atoms with Gasteiger partial charge in [0.2, 0.25) is 5.91 Å². The molecule has 0 spiro atoms. The van der Waals surface area contributed by atoms with Crippen molar-refractivity contribution in [2.24, 2.45) is 5.92 Å². The molecule has 2 N–H and O–H groups in total. The number of nitrogens with zero attached hydrogens (tertiary/aromatic N) is 1. The Labute approximate surface area is 158 Å². The number of sulfonamides is 1. The van der Waals surface area contributed by atoms with Gasteiger partial charge in [-0.05, 0) is 48.7 Å². The van der Waals surface area contributed by atoms with Gasteiger partial charge in [-0.25, -0.2) is 21.8 Å². The van der Waals surface area contributed by atoms with E-state index in [2.05, 4.69) is 15.0 Å². The summed E-state index contributed by atoms with van der Waals surface area (Å²) >= 11 is 0. The Morgan fingerprint density at radius 2 is 1.89 bits per heavy atom.